The molecule has 156 valence electrons. The predicted molar refractivity (Wildman–Crippen MR) is 114 cm³/mol. The molecule has 0 aliphatic heterocycles. The second-order valence-electron chi connectivity index (χ2n) is 6.26. The quantitative estimate of drug-likeness (QED) is 0.537. The van der Waals surface area contributed by atoms with Crippen LogP contribution in [0.1, 0.15) is 61.6 Å². The number of carbonyl (C=O) groups excluding carboxylic acids is 1. The second-order valence-corrected chi connectivity index (χ2v) is 6.26. The normalized spacial score (nSPS) is 12.6. The summed E-state index contributed by atoms with van der Waals surface area (Å²) in [5.41, 5.74) is 2.71. The predicted octanol–water partition coefficient (Wildman–Crippen LogP) is 6.96. The Hall–Kier alpha value is -2.82. The second kappa shape index (κ2) is 11.2. The van der Waals surface area contributed by atoms with Gasteiger partial charge in [-0.1, -0.05) is 56.3 Å². The van der Waals surface area contributed by atoms with Gasteiger partial charge in [-0.2, -0.15) is 13.2 Å². The molecule has 0 fully saturated rings. The minimum absolute atomic E-state index is 0.241. The summed E-state index contributed by atoms with van der Waals surface area (Å²) in [7, 11) is 0. The summed E-state index contributed by atoms with van der Waals surface area (Å²) < 4.78 is 38.3. The lowest BCUT2D eigenvalue weighted by Crippen LogP contribution is -2.25. The third kappa shape index (κ3) is 7.26. The molecule has 0 aliphatic rings. The van der Waals surface area contributed by atoms with Crippen molar-refractivity contribution in [3.63, 3.8) is 0 Å². The smallest absolute Gasteiger partial charge is 0.346 e. The van der Waals surface area contributed by atoms with Crippen molar-refractivity contribution >= 4 is 18.1 Å². The van der Waals surface area contributed by atoms with E-state index in [0.717, 1.165) is 28.8 Å². The summed E-state index contributed by atoms with van der Waals surface area (Å²) in [4.78, 5) is 12.2. The summed E-state index contributed by atoms with van der Waals surface area (Å²) in [5.74, 6) is -0.368. The molecular weight excluding hydrogens is 375 g/mol. The van der Waals surface area contributed by atoms with E-state index in [2.05, 4.69) is 5.32 Å². The molecule has 0 aromatic heterocycles. The molecule has 0 bridgehead atoms. The van der Waals surface area contributed by atoms with Gasteiger partial charge >= 0.3 is 6.18 Å². The minimum atomic E-state index is -4.41. The van der Waals surface area contributed by atoms with Gasteiger partial charge in [0.15, 0.2) is 0 Å². The van der Waals surface area contributed by atoms with Gasteiger partial charge in [0.2, 0.25) is 5.91 Å². The van der Waals surface area contributed by atoms with Gasteiger partial charge in [0.05, 0.1) is 11.6 Å². The summed E-state index contributed by atoms with van der Waals surface area (Å²) in [6.45, 7) is 9.80. The van der Waals surface area contributed by atoms with Gasteiger partial charge in [0.25, 0.3) is 0 Å². The third-order valence-electron chi connectivity index (χ3n) is 4.16. The SMILES string of the molecule is C/C=C\c1c(C)cccc1C(C)NC(=O)/C=C/c1cccc(C(F)(F)F)c1.CC. The zero-order valence-corrected chi connectivity index (χ0v) is 17.5. The van der Waals surface area contributed by atoms with Crippen molar-refractivity contribution in [1.29, 1.82) is 0 Å². The molecular formula is C24H28F3NO. The van der Waals surface area contributed by atoms with Crippen molar-refractivity contribution in [2.75, 3.05) is 0 Å². The van der Waals surface area contributed by atoms with E-state index in [1.54, 1.807) is 0 Å². The van der Waals surface area contributed by atoms with Crippen LogP contribution in [0.3, 0.4) is 0 Å². The van der Waals surface area contributed by atoms with Crippen molar-refractivity contribution in [2.45, 2.75) is 46.8 Å². The molecule has 0 saturated carbocycles. The number of carbonyl (C=O) groups is 1. The molecule has 0 aliphatic carbocycles. The zero-order valence-electron chi connectivity index (χ0n) is 17.5. The summed E-state index contributed by atoms with van der Waals surface area (Å²) >= 11 is 0. The van der Waals surface area contributed by atoms with E-state index in [-0.39, 0.29) is 11.9 Å². The molecule has 1 N–H and O–H groups in total. The van der Waals surface area contributed by atoms with Crippen LogP contribution >= 0.6 is 0 Å². The average molecular weight is 403 g/mol. The fraction of sp³-hybridized carbons (Fsp3) is 0.292. The monoisotopic (exact) mass is 403 g/mol. The lowest BCUT2D eigenvalue weighted by atomic mass is 9.96. The molecule has 1 amide bonds. The van der Waals surface area contributed by atoms with E-state index in [0.29, 0.717) is 5.56 Å². The van der Waals surface area contributed by atoms with Gasteiger partial charge in [0, 0.05) is 6.08 Å². The number of hydrogen-bond donors (Lipinski definition) is 1. The van der Waals surface area contributed by atoms with Crippen molar-refractivity contribution < 1.29 is 18.0 Å². The van der Waals surface area contributed by atoms with E-state index in [9.17, 15) is 18.0 Å². The molecule has 2 nitrogen and oxygen atoms in total. The maximum Gasteiger partial charge on any atom is 0.416 e. The maximum atomic E-state index is 12.8. The maximum absolute atomic E-state index is 12.8. The highest BCUT2D eigenvalue weighted by atomic mass is 19.4. The number of hydrogen-bond acceptors (Lipinski definition) is 1. The Morgan fingerprint density at radius 3 is 2.34 bits per heavy atom. The van der Waals surface area contributed by atoms with Crippen LogP contribution in [0.2, 0.25) is 0 Å². The Morgan fingerprint density at radius 2 is 1.72 bits per heavy atom. The fourth-order valence-electron chi connectivity index (χ4n) is 2.81. The van der Waals surface area contributed by atoms with Crippen LogP contribution in [0.15, 0.2) is 54.6 Å². The molecule has 1 unspecified atom stereocenters. The van der Waals surface area contributed by atoms with Crippen molar-refractivity contribution in [2.24, 2.45) is 0 Å². The van der Waals surface area contributed by atoms with Crippen molar-refractivity contribution in [1.82, 2.24) is 5.32 Å². The Morgan fingerprint density at radius 1 is 1.07 bits per heavy atom. The third-order valence-corrected chi connectivity index (χ3v) is 4.16. The van der Waals surface area contributed by atoms with Gasteiger partial charge in [-0.25, -0.2) is 0 Å². The van der Waals surface area contributed by atoms with E-state index in [4.69, 9.17) is 0 Å². The fourth-order valence-corrected chi connectivity index (χ4v) is 2.81. The van der Waals surface area contributed by atoms with Crippen LogP contribution < -0.4 is 5.32 Å². The number of benzene rings is 2. The standard InChI is InChI=1S/C22H22F3NO.C2H6/c1-4-7-19-15(2)8-5-11-20(19)16(3)26-21(27)13-12-17-9-6-10-18(14-17)22(23,24)25;1-2/h4-14,16H,1-3H3,(H,26,27);1-2H3/b7-4-,13-12+;. The van der Waals surface area contributed by atoms with Crippen LogP contribution in [0.5, 0.6) is 0 Å². The van der Waals surface area contributed by atoms with E-state index >= 15 is 0 Å². The van der Waals surface area contributed by atoms with Crippen LogP contribution in [0, 0.1) is 6.92 Å². The zero-order chi connectivity index (χ0) is 22.0. The Bertz CT molecular complexity index is 867. The summed E-state index contributed by atoms with van der Waals surface area (Å²) in [6.07, 6.45) is 2.15. The first kappa shape index (κ1) is 24.2. The van der Waals surface area contributed by atoms with Crippen molar-refractivity contribution in [3.8, 4) is 0 Å². The minimum Gasteiger partial charge on any atom is -0.346 e. The molecule has 2 aromatic rings. The van der Waals surface area contributed by atoms with E-state index < -0.39 is 11.7 Å². The summed E-state index contributed by atoms with van der Waals surface area (Å²) in [5, 5.41) is 2.86. The molecule has 0 radical (unpaired) electrons. The topological polar surface area (TPSA) is 29.1 Å². The van der Waals surface area contributed by atoms with Crippen LogP contribution in [-0.4, -0.2) is 5.91 Å². The average Bonchev–Trinajstić information content (AvgIpc) is 2.69. The van der Waals surface area contributed by atoms with Crippen LogP contribution in [0.4, 0.5) is 13.2 Å². The molecule has 1 atom stereocenters. The van der Waals surface area contributed by atoms with Crippen molar-refractivity contribution in [3.05, 3.63) is 82.4 Å². The molecule has 2 rings (SSSR count). The number of halogens is 3. The van der Waals surface area contributed by atoms with Gasteiger partial charge in [-0.3, -0.25) is 4.79 Å². The number of amides is 1. The Balaban J connectivity index is 0.00000204. The number of rotatable bonds is 5. The van der Waals surface area contributed by atoms with E-state index in [1.807, 2.05) is 65.0 Å². The number of alkyl halides is 3. The summed E-state index contributed by atoms with van der Waals surface area (Å²) in [6, 6.07) is 10.5. The first-order valence-electron chi connectivity index (χ1n) is 9.60. The highest BCUT2D eigenvalue weighted by Gasteiger charge is 2.30. The largest absolute Gasteiger partial charge is 0.416 e. The molecule has 0 saturated heterocycles. The lowest BCUT2D eigenvalue weighted by Gasteiger charge is -2.17. The number of allylic oxidation sites excluding steroid dienone is 1. The van der Waals surface area contributed by atoms with Gasteiger partial charge < -0.3 is 5.32 Å². The van der Waals surface area contributed by atoms with Gasteiger partial charge in [0.1, 0.15) is 0 Å². The number of aryl methyl sites for hydroxylation is 1. The molecule has 0 heterocycles. The van der Waals surface area contributed by atoms with Crippen LogP contribution in [-0.2, 0) is 11.0 Å². The Kier molecular flexibility index (Phi) is 9.39. The van der Waals surface area contributed by atoms with Gasteiger partial charge in [-0.05, 0) is 61.2 Å². The van der Waals surface area contributed by atoms with Crippen LogP contribution in [0.25, 0.3) is 12.2 Å². The van der Waals surface area contributed by atoms with E-state index in [1.165, 1.54) is 24.3 Å². The molecule has 29 heavy (non-hydrogen) atoms. The molecule has 0 spiro atoms. The first-order valence-corrected chi connectivity index (χ1v) is 9.60. The highest BCUT2D eigenvalue weighted by molar-refractivity contribution is 5.92. The highest BCUT2D eigenvalue weighted by Crippen LogP contribution is 2.29. The lowest BCUT2D eigenvalue weighted by molar-refractivity contribution is -0.137. The van der Waals surface area contributed by atoms with Gasteiger partial charge in [-0.15, -0.1) is 0 Å². The number of nitrogens with one attached hydrogen (secondary N) is 1. The first-order chi connectivity index (χ1) is 13.7. The molecule has 5 heteroatoms. The molecule has 2 aromatic carbocycles. The Labute approximate surface area is 171 Å².